The van der Waals surface area contributed by atoms with E-state index in [1.807, 2.05) is 12.3 Å². The largest absolute Gasteiger partial charge is 0.307 e. The molecule has 8 heteroatoms. The second kappa shape index (κ2) is 4.85. The van der Waals surface area contributed by atoms with Crippen molar-refractivity contribution in [2.45, 2.75) is 6.92 Å². The summed E-state index contributed by atoms with van der Waals surface area (Å²) in [5, 5.41) is 5.00. The molecule has 0 aliphatic rings. The minimum atomic E-state index is -0.371. The van der Waals surface area contributed by atoms with E-state index in [0.717, 1.165) is 5.69 Å². The summed E-state index contributed by atoms with van der Waals surface area (Å²) in [5.41, 5.74) is 3.35. The van der Waals surface area contributed by atoms with Crippen LogP contribution < -0.4 is 16.6 Å². The first-order valence-electron chi connectivity index (χ1n) is 4.71. The minimum Gasteiger partial charge on any atom is -0.307 e. The van der Waals surface area contributed by atoms with E-state index in [2.05, 4.69) is 25.7 Å². The number of rotatable bonds is 3. The molecule has 0 aliphatic heterocycles. The van der Waals surface area contributed by atoms with E-state index in [-0.39, 0.29) is 11.6 Å². The molecule has 0 radical (unpaired) electrons. The molecule has 1 amide bonds. The topological polar surface area (TPSA) is 106 Å². The number of hydrogen-bond acceptors (Lipinski definition) is 7. The Labute approximate surface area is 101 Å². The van der Waals surface area contributed by atoms with Gasteiger partial charge in [-0.25, -0.2) is 15.8 Å². The maximum Gasteiger partial charge on any atom is 0.277 e. The second-order valence-electron chi connectivity index (χ2n) is 3.18. The number of carbonyl (C=O) groups is 1. The smallest absolute Gasteiger partial charge is 0.277 e. The van der Waals surface area contributed by atoms with Gasteiger partial charge in [-0.1, -0.05) is 0 Å². The van der Waals surface area contributed by atoms with Gasteiger partial charge in [0, 0.05) is 5.38 Å². The summed E-state index contributed by atoms with van der Waals surface area (Å²) in [6, 6.07) is 0. The lowest BCUT2D eigenvalue weighted by molar-refractivity contribution is 0.102. The van der Waals surface area contributed by atoms with Gasteiger partial charge in [0.15, 0.2) is 10.9 Å². The fourth-order valence-corrected chi connectivity index (χ4v) is 1.80. The Bertz CT molecular complexity index is 540. The molecular formula is C9H10N6OS. The first kappa shape index (κ1) is 11.4. The van der Waals surface area contributed by atoms with Gasteiger partial charge in [-0.05, 0) is 6.92 Å². The Hall–Kier alpha value is -2.06. The van der Waals surface area contributed by atoms with Crippen molar-refractivity contribution in [3.05, 3.63) is 29.2 Å². The fourth-order valence-electron chi connectivity index (χ4n) is 1.12. The molecule has 0 saturated heterocycles. The zero-order valence-electron chi connectivity index (χ0n) is 8.97. The molecule has 17 heavy (non-hydrogen) atoms. The highest BCUT2D eigenvalue weighted by Gasteiger charge is 2.10. The van der Waals surface area contributed by atoms with Crippen molar-refractivity contribution in [2.75, 3.05) is 10.7 Å². The van der Waals surface area contributed by atoms with Crippen LogP contribution in [0.1, 0.15) is 16.2 Å². The molecule has 0 bridgehead atoms. The maximum atomic E-state index is 11.8. The average Bonchev–Trinajstić information content (AvgIpc) is 2.75. The number of nitrogens with two attached hydrogens (primary N) is 1. The predicted molar refractivity (Wildman–Crippen MR) is 64.6 cm³/mol. The quantitative estimate of drug-likeness (QED) is 0.549. The third-order valence-electron chi connectivity index (χ3n) is 1.85. The molecule has 2 rings (SSSR count). The zero-order chi connectivity index (χ0) is 12.3. The van der Waals surface area contributed by atoms with Crippen LogP contribution in [0.25, 0.3) is 0 Å². The van der Waals surface area contributed by atoms with Gasteiger partial charge in [-0.3, -0.25) is 15.1 Å². The van der Waals surface area contributed by atoms with Crippen LogP contribution in [0.3, 0.4) is 0 Å². The number of aryl methyl sites for hydroxylation is 1. The standard InChI is InChI=1S/C9H10N6OS/c1-5-4-17-9(12-5)14-8(16)6-2-11-3-7(13-6)15-10/h2-4H,10H2,1H3,(H,13,15)(H,12,14,16). The molecule has 2 aromatic rings. The molecule has 2 aromatic heterocycles. The number of hydrogen-bond donors (Lipinski definition) is 3. The number of anilines is 2. The zero-order valence-corrected chi connectivity index (χ0v) is 9.78. The van der Waals surface area contributed by atoms with Gasteiger partial charge in [-0.15, -0.1) is 11.3 Å². The van der Waals surface area contributed by atoms with E-state index in [9.17, 15) is 4.79 Å². The van der Waals surface area contributed by atoms with Crippen molar-refractivity contribution in [3.8, 4) is 0 Å². The van der Waals surface area contributed by atoms with Crippen LogP contribution in [0.2, 0.25) is 0 Å². The molecule has 0 aliphatic carbocycles. The molecular weight excluding hydrogens is 240 g/mol. The van der Waals surface area contributed by atoms with Crippen molar-refractivity contribution in [2.24, 2.45) is 5.84 Å². The number of nitrogens with one attached hydrogen (secondary N) is 2. The number of nitrogens with zero attached hydrogens (tertiary/aromatic N) is 3. The lowest BCUT2D eigenvalue weighted by Crippen LogP contribution is -2.16. The van der Waals surface area contributed by atoms with Crippen LogP contribution in [-0.4, -0.2) is 20.9 Å². The molecule has 7 nitrogen and oxygen atoms in total. The molecule has 0 saturated carbocycles. The molecule has 0 fully saturated rings. The van der Waals surface area contributed by atoms with Crippen molar-refractivity contribution in [1.82, 2.24) is 15.0 Å². The molecule has 2 heterocycles. The molecule has 4 N–H and O–H groups in total. The van der Waals surface area contributed by atoms with Gasteiger partial charge in [0.25, 0.3) is 5.91 Å². The second-order valence-corrected chi connectivity index (χ2v) is 4.04. The summed E-state index contributed by atoms with van der Waals surface area (Å²) in [5.74, 6) is 5.14. The Morgan fingerprint density at radius 2 is 2.24 bits per heavy atom. The lowest BCUT2D eigenvalue weighted by atomic mass is 10.4. The highest BCUT2D eigenvalue weighted by molar-refractivity contribution is 7.13. The molecule has 0 spiro atoms. The number of nitrogen functional groups attached to an aromatic ring is 1. The third-order valence-corrected chi connectivity index (χ3v) is 2.73. The third kappa shape index (κ3) is 2.74. The number of amides is 1. The van der Waals surface area contributed by atoms with E-state index in [1.54, 1.807) is 0 Å². The van der Waals surface area contributed by atoms with Crippen molar-refractivity contribution in [3.63, 3.8) is 0 Å². The highest BCUT2D eigenvalue weighted by atomic mass is 32.1. The van der Waals surface area contributed by atoms with Crippen LogP contribution in [-0.2, 0) is 0 Å². The van der Waals surface area contributed by atoms with Gasteiger partial charge < -0.3 is 5.43 Å². The minimum absolute atomic E-state index is 0.174. The van der Waals surface area contributed by atoms with Gasteiger partial charge in [0.05, 0.1) is 18.1 Å². The van der Waals surface area contributed by atoms with E-state index < -0.39 is 0 Å². The van der Waals surface area contributed by atoms with Crippen LogP contribution >= 0.6 is 11.3 Å². The van der Waals surface area contributed by atoms with E-state index in [1.165, 1.54) is 23.7 Å². The summed E-state index contributed by atoms with van der Waals surface area (Å²) in [6.07, 6.45) is 2.78. The van der Waals surface area contributed by atoms with Crippen molar-refractivity contribution < 1.29 is 4.79 Å². The Morgan fingerprint density at radius 1 is 1.41 bits per heavy atom. The van der Waals surface area contributed by atoms with Gasteiger partial charge >= 0.3 is 0 Å². The van der Waals surface area contributed by atoms with Crippen LogP contribution in [0.15, 0.2) is 17.8 Å². The molecule has 0 atom stereocenters. The van der Waals surface area contributed by atoms with Crippen LogP contribution in [0.4, 0.5) is 10.9 Å². The summed E-state index contributed by atoms with van der Waals surface area (Å²) < 4.78 is 0. The molecule has 0 aromatic carbocycles. The van der Waals surface area contributed by atoms with Crippen LogP contribution in [0, 0.1) is 6.92 Å². The van der Waals surface area contributed by atoms with Crippen molar-refractivity contribution >= 4 is 28.2 Å². The monoisotopic (exact) mass is 250 g/mol. The number of hydrazine groups is 1. The van der Waals surface area contributed by atoms with Gasteiger partial charge in [0.1, 0.15) is 5.69 Å². The number of thiazole rings is 1. The first-order valence-corrected chi connectivity index (χ1v) is 5.59. The van der Waals surface area contributed by atoms with Gasteiger partial charge in [-0.2, -0.15) is 0 Å². The van der Waals surface area contributed by atoms with E-state index >= 15 is 0 Å². The number of carbonyl (C=O) groups excluding carboxylic acids is 1. The Morgan fingerprint density at radius 3 is 2.88 bits per heavy atom. The predicted octanol–water partition coefficient (Wildman–Crippen LogP) is 0.779. The fraction of sp³-hybridized carbons (Fsp3) is 0.111. The van der Waals surface area contributed by atoms with E-state index in [4.69, 9.17) is 5.84 Å². The Balaban J connectivity index is 2.14. The summed E-state index contributed by atoms with van der Waals surface area (Å²) in [6.45, 7) is 1.85. The first-order chi connectivity index (χ1) is 8.19. The summed E-state index contributed by atoms with van der Waals surface area (Å²) in [4.78, 5) is 23.7. The Kier molecular flexibility index (Phi) is 3.26. The van der Waals surface area contributed by atoms with Gasteiger partial charge in [0.2, 0.25) is 0 Å². The average molecular weight is 250 g/mol. The maximum absolute atomic E-state index is 11.8. The normalized spacial score (nSPS) is 10.0. The lowest BCUT2D eigenvalue weighted by Gasteiger charge is -2.02. The summed E-state index contributed by atoms with van der Waals surface area (Å²) in [7, 11) is 0. The molecule has 88 valence electrons. The highest BCUT2D eigenvalue weighted by Crippen LogP contribution is 2.15. The number of aromatic nitrogens is 3. The van der Waals surface area contributed by atoms with E-state index in [0.29, 0.717) is 10.9 Å². The SMILES string of the molecule is Cc1csc(NC(=O)c2cncc(NN)n2)n1. The van der Waals surface area contributed by atoms with Crippen LogP contribution in [0.5, 0.6) is 0 Å². The van der Waals surface area contributed by atoms with Crippen molar-refractivity contribution in [1.29, 1.82) is 0 Å². The summed E-state index contributed by atoms with van der Waals surface area (Å²) >= 11 is 1.35. The molecule has 0 unspecified atom stereocenters.